The number of aromatic nitrogens is 2. The first-order chi connectivity index (χ1) is 8.13. The molecule has 1 atom stereocenters. The first kappa shape index (κ1) is 12.1. The molecule has 0 bridgehead atoms. The molecule has 1 heterocycles. The van der Waals surface area contributed by atoms with Crippen LogP contribution in [0.25, 0.3) is 0 Å². The van der Waals surface area contributed by atoms with E-state index in [2.05, 4.69) is 4.98 Å². The number of hydrogen-bond acceptors (Lipinski definition) is 2. The molecule has 2 aromatic rings. The average Bonchev–Trinajstić information content (AvgIpc) is 2.76. The van der Waals surface area contributed by atoms with E-state index in [0.29, 0.717) is 16.4 Å². The van der Waals surface area contributed by atoms with E-state index in [-0.39, 0.29) is 0 Å². The second-order valence-electron chi connectivity index (χ2n) is 4.00. The van der Waals surface area contributed by atoms with Crippen LogP contribution in [0.15, 0.2) is 30.6 Å². The minimum absolute atomic E-state index is 0.572. The summed E-state index contributed by atoms with van der Waals surface area (Å²) in [5, 5.41) is 10.9. The van der Waals surface area contributed by atoms with Gasteiger partial charge in [0.05, 0.1) is 0 Å². The molecule has 0 radical (unpaired) electrons. The van der Waals surface area contributed by atoms with Crippen molar-refractivity contribution in [3.05, 3.63) is 52.6 Å². The van der Waals surface area contributed by atoms with Gasteiger partial charge in [0.25, 0.3) is 0 Å². The molecule has 1 aromatic carbocycles. The summed E-state index contributed by atoms with van der Waals surface area (Å²) in [5.74, 6) is 0.623. The smallest absolute Gasteiger partial charge is 0.142 e. The number of aliphatic hydroxyl groups is 1. The van der Waals surface area contributed by atoms with Crippen LogP contribution < -0.4 is 0 Å². The third-order valence-electron chi connectivity index (χ3n) is 2.78. The molecule has 0 saturated heterocycles. The van der Waals surface area contributed by atoms with Gasteiger partial charge in [-0.25, -0.2) is 4.98 Å². The predicted octanol–water partition coefficient (Wildman–Crippen LogP) is 2.95. The quantitative estimate of drug-likeness (QED) is 0.910. The molecule has 90 valence electrons. The van der Waals surface area contributed by atoms with Gasteiger partial charge >= 0.3 is 0 Å². The number of halogens is 1. The summed E-state index contributed by atoms with van der Waals surface area (Å²) in [6.07, 6.45) is 2.75. The van der Waals surface area contributed by atoms with Gasteiger partial charge in [0.15, 0.2) is 0 Å². The maximum absolute atomic E-state index is 10.3. The van der Waals surface area contributed by atoms with Gasteiger partial charge in [-0.15, -0.1) is 0 Å². The molecule has 0 aliphatic rings. The van der Waals surface area contributed by atoms with Gasteiger partial charge in [0, 0.05) is 29.5 Å². The van der Waals surface area contributed by atoms with Crippen molar-refractivity contribution in [1.82, 2.24) is 9.55 Å². The van der Waals surface area contributed by atoms with Crippen molar-refractivity contribution in [2.75, 3.05) is 0 Å². The third kappa shape index (κ3) is 2.35. The number of nitrogens with zero attached hydrogens (tertiary/aromatic N) is 2. The number of imidazole rings is 1. The summed E-state index contributed by atoms with van der Waals surface area (Å²) >= 11 is 6.14. The predicted molar refractivity (Wildman–Crippen MR) is 68.2 cm³/mol. The van der Waals surface area contributed by atoms with Crippen LogP contribution in [-0.2, 0) is 6.54 Å². The standard InChI is InChI=1S/C13H15ClN2O/c1-3-16-7-6-15-13(16)12(17)10-5-4-9(2)8-11(10)14/h4-8,12,17H,3H2,1-2H3. The van der Waals surface area contributed by atoms with Crippen LogP contribution in [0.4, 0.5) is 0 Å². The Morgan fingerprint density at radius 3 is 2.88 bits per heavy atom. The van der Waals surface area contributed by atoms with Gasteiger partial charge < -0.3 is 9.67 Å². The fourth-order valence-corrected chi connectivity index (χ4v) is 2.17. The molecule has 1 unspecified atom stereocenters. The summed E-state index contributed by atoms with van der Waals surface area (Å²) in [6, 6.07) is 5.63. The molecule has 1 N–H and O–H groups in total. The normalized spacial score (nSPS) is 12.7. The lowest BCUT2D eigenvalue weighted by Crippen LogP contribution is -2.09. The van der Waals surface area contributed by atoms with Crippen molar-refractivity contribution in [3.63, 3.8) is 0 Å². The highest BCUT2D eigenvalue weighted by molar-refractivity contribution is 6.31. The molecule has 0 saturated carbocycles. The summed E-state index contributed by atoms with van der Waals surface area (Å²) in [4.78, 5) is 4.18. The molecular weight excluding hydrogens is 236 g/mol. The number of rotatable bonds is 3. The van der Waals surface area contributed by atoms with Crippen LogP contribution in [0.3, 0.4) is 0 Å². The molecule has 2 rings (SSSR count). The van der Waals surface area contributed by atoms with Gasteiger partial charge in [-0.2, -0.15) is 0 Å². The fraction of sp³-hybridized carbons (Fsp3) is 0.308. The minimum atomic E-state index is -0.780. The topological polar surface area (TPSA) is 38.0 Å². The van der Waals surface area contributed by atoms with Gasteiger partial charge in [0.2, 0.25) is 0 Å². The zero-order chi connectivity index (χ0) is 12.4. The van der Waals surface area contributed by atoms with Crippen molar-refractivity contribution < 1.29 is 5.11 Å². The Morgan fingerprint density at radius 2 is 2.24 bits per heavy atom. The molecule has 0 spiro atoms. The highest BCUT2D eigenvalue weighted by Crippen LogP contribution is 2.28. The van der Waals surface area contributed by atoms with Crippen LogP contribution in [0.5, 0.6) is 0 Å². The molecule has 0 fully saturated rings. The summed E-state index contributed by atoms with van der Waals surface area (Å²) in [7, 11) is 0. The lowest BCUT2D eigenvalue weighted by molar-refractivity contribution is 0.205. The van der Waals surface area contributed by atoms with Crippen LogP contribution in [0, 0.1) is 6.92 Å². The van der Waals surface area contributed by atoms with Gasteiger partial charge in [0.1, 0.15) is 11.9 Å². The average molecular weight is 251 g/mol. The van der Waals surface area contributed by atoms with Gasteiger partial charge in [-0.3, -0.25) is 0 Å². The summed E-state index contributed by atoms with van der Waals surface area (Å²) < 4.78 is 1.90. The van der Waals surface area contributed by atoms with Crippen LogP contribution in [-0.4, -0.2) is 14.7 Å². The molecular formula is C13H15ClN2O. The maximum Gasteiger partial charge on any atom is 0.142 e. The molecule has 0 aliphatic carbocycles. The van der Waals surface area contributed by atoms with E-state index in [1.807, 2.05) is 42.8 Å². The zero-order valence-electron chi connectivity index (χ0n) is 9.89. The third-order valence-corrected chi connectivity index (χ3v) is 3.11. The Hall–Kier alpha value is -1.32. The van der Waals surface area contributed by atoms with E-state index in [4.69, 9.17) is 11.6 Å². The van der Waals surface area contributed by atoms with Crippen molar-refractivity contribution >= 4 is 11.6 Å². The number of aliphatic hydroxyl groups excluding tert-OH is 1. The van der Waals surface area contributed by atoms with E-state index in [0.717, 1.165) is 12.1 Å². The summed E-state index contributed by atoms with van der Waals surface area (Å²) in [5.41, 5.74) is 1.77. The van der Waals surface area contributed by atoms with Crippen molar-refractivity contribution in [2.24, 2.45) is 0 Å². The zero-order valence-corrected chi connectivity index (χ0v) is 10.6. The minimum Gasteiger partial charge on any atom is -0.380 e. The Kier molecular flexibility index (Phi) is 3.50. The van der Waals surface area contributed by atoms with Gasteiger partial charge in [-0.1, -0.05) is 23.7 Å². The second-order valence-corrected chi connectivity index (χ2v) is 4.41. The first-order valence-corrected chi connectivity index (χ1v) is 5.96. The second kappa shape index (κ2) is 4.90. The Bertz CT molecular complexity index is 522. The van der Waals surface area contributed by atoms with Crippen LogP contribution in [0.2, 0.25) is 5.02 Å². The van der Waals surface area contributed by atoms with Crippen molar-refractivity contribution in [1.29, 1.82) is 0 Å². The number of hydrogen-bond donors (Lipinski definition) is 1. The van der Waals surface area contributed by atoms with E-state index in [9.17, 15) is 5.11 Å². The fourth-order valence-electron chi connectivity index (χ4n) is 1.83. The highest BCUT2D eigenvalue weighted by atomic mass is 35.5. The summed E-state index contributed by atoms with van der Waals surface area (Å²) in [6.45, 7) is 4.75. The molecule has 0 aliphatic heterocycles. The van der Waals surface area contributed by atoms with Crippen molar-refractivity contribution in [2.45, 2.75) is 26.5 Å². The Labute approximate surface area is 106 Å². The van der Waals surface area contributed by atoms with E-state index in [1.165, 1.54) is 0 Å². The molecule has 4 heteroatoms. The van der Waals surface area contributed by atoms with E-state index >= 15 is 0 Å². The number of benzene rings is 1. The highest BCUT2D eigenvalue weighted by Gasteiger charge is 2.18. The van der Waals surface area contributed by atoms with Crippen LogP contribution >= 0.6 is 11.6 Å². The first-order valence-electron chi connectivity index (χ1n) is 5.58. The van der Waals surface area contributed by atoms with E-state index in [1.54, 1.807) is 6.20 Å². The van der Waals surface area contributed by atoms with Gasteiger partial charge in [-0.05, 0) is 25.5 Å². The molecule has 17 heavy (non-hydrogen) atoms. The largest absolute Gasteiger partial charge is 0.380 e. The molecule has 0 amide bonds. The maximum atomic E-state index is 10.3. The lowest BCUT2D eigenvalue weighted by atomic mass is 10.1. The molecule has 1 aromatic heterocycles. The monoisotopic (exact) mass is 250 g/mol. The van der Waals surface area contributed by atoms with Crippen LogP contribution in [0.1, 0.15) is 30.0 Å². The van der Waals surface area contributed by atoms with E-state index < -0.39 is 6.10 Å². The number of aryl methyl sites for hydroxylation is 2. The van der Waals surface area contributed by atoms with Crippen molar-refractivity contribution in [3.8, 4) is 0 Å². The Balaban J connectivity index is 2.40. The lowest BCUT2D eigenvalue weighted by Gasteiger charge is -2.14. The molecule has 3 nitrogen and oxygen atoms in total. The SMILES string of the molecule is CCn1ccnc1C(O)c1ccc(C)cc1Cl. The Morgan fingerprint density at radius 1 is 1.47 bits per heavy atom.